The number of carbonyl (C=O) groups excluding carboxylic acids is 1. The Hall–Kier alpha value is -1.86. The molecule has 0 aliphatic rings. The van der Waals surface area contributed by atoms with Gasteiger partial charge in [-0.1, -0.05) is 20.8 Å². The molecule has 2 heterocycles. The van der Waals surface area contributed by atoms with E-state index in [1.807, 2.05) is 5.38 Å². The second-order valence-corrected chi connectivity index (χ2v) is 7.54. The van der Waals surface area contributed by atoms with Gasteiger partial charge < -0.3 is 20.2 Å². The molecule has 2 rings (SSSR count). The number of rotatable bonds is 5. The molecule has 0 fully saturated rings. The summed E-state index contributed by atoms with van der Waals surface area (Å²) in [5, 5.41) is 18.6. The monoisotopic (exact) mass is 337 g/mol. The van der Waals surface area contributed by atoms with E-state index in [-0.39, 0.29) is 18.0 Å². The number of amides is 2. The Labute approximate surface area is 139 Å². The van der Waals surface area contributed by atoms with Crippen LogP contribution in [-0.2, 0) is 17.6 Å². The Morgan fingerprint density at radius 2 is 2.09 bits per heavy atom. The predicted molar refractivity (Wildman–Crippen MR) is 89.3 cm³/mol. The average Bonchev–Trinajstić information content (AvgIpc) is 3.13. The molecule has 0 saturated heterocycles. The largest absolute Gasteiger partial charge is 0.466 e. The van der Waals surface area contributed by atoms with Crippen LogP contribution < -0.4 is 10.6 Å². The van der Waals surface area contributed by atoms with Gasteiger partial charge in [-0.25, -0.2) is 9.78 Å². The van der Waals surface area contributed by atoms with Gasteiger partial charge in [0.25, 0.3) is 0 Å². The number of nitrogens with zero attached hydrogens (tertiary/aromatic N) is 1. The molecular weight excluding hydrogens is 314 g/mol. The molecule has 1 unspecified atom stereocenters. The molecule has 0 saturated carbocycles. The molecule has 0 spiro atoms. The van der Waals surface area contributed by atoms with E-state index in [9.17, 15) is 9.90 Å². The van der Waals surface area contributed by atoms with E-state index < -0.39 is 5.60 Å². The highest BCUT2D eigenvalue weighted by Gasteiger charge is 2.26. The Morgan fingerprint density at radius 3 is 2.65 bits per heavy atom. The van der Waals surface area contributed by atoms with Crippen LogP contribution in [0.4, 0.5) is 4.79 Å². The van der Waals surface area contributed by atoms with Gasteiger partial charge in [0.15, 0.2) is 0 Å². The summed E-state index contributed by atoms with van der Waals surface area (Å²) in [6.45, 7) is 8.30. The zero-order valence-corrected chi connectivity index (χ0v) is 14.7. The second kappa shape index (κ2) is 6.72. The lowest BCUT2D eigenvalue weighted by molar-refractivity contribution is 0.0367. The normalized spacial score (nSPS) is 14.3. The van der Waals surface area contributed by atoms with Gasteiger partial charge in [0, 0.05) is 10.8 Å². The van der Waals surface area contributed by atoms with Crippen molar-refractivity contribution in [3.05, 3.63) is 40.2 Å². The van der Waals surface area contributed by atoms with Crippen molar-refractivity contribution in [3.8, 4) is 0 Å². The van der Waals surface area contributed by atoms with E-state index in [0.29, 0.717) is 12.3 Å². The van der Waals surface area contributed by atoms with Crippen LogP contribution in [0.1, 0.15) is 44.2 Å². The smallest absolute Gasteiger partial charge is 0.315 e. The Kier molecular flexibility index (Phi) is 5.11. The van der Waals surface area contributed by atoms with Crippen molar-refractivity contribution >= 4 is 17.4 Å². The SMILES string of the molecule is CC(C)(C)c1nc(CNC(=O)NCC(C)(O)c2ccco2)cs1. The number of carbonyl (C=O) groups is 1. The van der Waals surface area contributed by atoms with Crippen LogP contribution >= 0.6 is 11.3 Å². The van der Waals surface area contributed by atoms with Crippen LogP contribution in [-0.4, -0.2) is 22.7 Å². The maximum absolute atomic E-state index is 11.8. The summed E-state index contributed by atoms with van der Waals surface area (Å²) >= 11 is 1.59. The van der Waals surface area contributed by atoms with Crippen molar-refractivity contribution in [1.29, 1.82) is 0 Å². The first kappa shape index (κ1) is 17.5. The summed E-state index contributed by atoms with van der Waals surface area (Å²) in [4.78, 5) is 16.4. The molecular formula is C16H23N3O3S. The molecule has 0 aliphatic heterocycles. The van der Waals surface area contributed by atoms with Crippen LogP contribution in [0, 0.1) is 0 Å². The van der Waals surface area contributed by atoms with Crippen molar-refractivity contribution in [1.82, 2.24) is 15.6 Å². The highest BCUT2D eigenvalue weighted by atomic mass is 32.1. The predicted octanol–water partition coefficient (Wildman–Crippen LogP) is 2.74. The third-order valence-electron chi connectivity index (χ3n) is 3.27. The number of aromatic nitrogens is 1. The van der Waals surface area contributed by atoms with Gasteiger partial charge >= 0.3 is 6.03 Å². The van der Waals surface area contributed by atoms with Gasteiger partial charge in [0.2, 0.25) is 0 Å². The molecule has 2 aromatic rings. The molecule has 23 heavy (non-hydrogen) atoms. The van der Waals surface area contributed by atoms with Gasteiger partial charge in [-0.3, -0.25) is 0 Å². The topological polar surface area (TPSA) is 87.4 Å². The fourth-order valence-electron chi connectivity index (χ4n) is 1.89. The lowest BCUT2D eigenvalue weighted by Gasteiger charge is -2.21. The number of furan rings is 1. The minimum absolute atomic E-state index is 0.00686. The molecule has 0 radical (unpaired) electrons. The lowest BCUT2D eigenvalue weighted by atomic mass is 9.98. The van der Waals surface area contributed by atoms with E-state index in [1.165, 1.54) is 6.26 Å². The highest BCUT2D eigenvalue weighted by molar-refractivity contribution is 7.09. The van der Waals surface area contributed by atoms with Gasteiger partial charge in [-0.05, 0) is 19.1 Å². The van der Waals surface area contributed by atoms with E-state index in [4.69, 9.17) is 4.42 Å². The molecule has 7 heteroatoms. The highest BCUT2D eigenvalue weighted by Crippen LogP contribution is 2.25. The summed E-state index contributed by atoms with van der Waals surface area (Å²) in [7, 11) is 0. The van der Waals surface area contributed by atoms with Crippen molar-refractivity contribution in [2.45, 2.75) is 45.3 Å². The summed E-state index contributed by atoms with van der Waals surface area (Å²) in [5.74, 6) is 0.409. The molecule has 6 nitrogen and oxygen atoms in total. The van der Waals surface area contributed by atoms with Gasteiger partial charge in [-0.15, -0.1) is 11.3 Å². The zero-order valence-electron chi connectivity index (χ0n) is 13.8. The molecule has 2 amide bonds. The number of aliphatic hydroxyl groups is 1. The lowest BCUT2D eigenvalue weighted by Crippen LogP contribution is -2.43. The molecule has 2 aromatic heterocycles. The van der Waals surface area contributed by atoms with Gasteiger partial charge in [0.1, 0.15) is 11.4 Å². The third kappa shape index (κ3) is 4.80. The fraction of sp³-hybridized carbons (Fsp3) is 0.500. The number of nitrogens with one attached hydrogen (secondary N) is 2. The van der Waals surface area contributed by atoms with Gasteiger partial charge in [-0.2, -0.15) is 0 Å². The maximum Gasteiger partial charge on any atom is 0.315 e. The number of hydrogen-bond acceptors (Lipinski definition) is 5. The Morgan fingerprint density at radius 1 is 1.35 bits per heavy atom. The first-order valence-electron chi connectivity index (χ1n) is 7.41. The molecule has 3 N–H and O–H groups in total. The van der Waals surface area contributed by atoms with E-state index >= 15 is 0 Å². The minimum atomic E-state index is -1.25. The zero-order chi connectivity index (χ0) is 17.1. The van der Waals surface area contributed by atoms with E-state index in [1.54, 1.807) is 30.4 Å². The van der Waals surface area contributed by atoms with Crippen molar-refractivity contribution in [3.63, 3.8) is 0 Å². The first-order valence-corrected chi connectivity index (χ1v) is 8.29. The van der Waals surface area contributed by atoms with Gasteiger partial charge in [0.05, 0.1) is 30.1 Å². The van der Waals surface area contributed by atoms with Crippen LogP contribution in [0.25, 0.3) is 0 Å². The van der Waals surface area contributed by atoms with Crippen molar-refractivity contribution < 1.29 is 14.3 Å². The molecule has 1 atom stereocenters. The molecule has 126 valence electrons. The quantitative estimate of drug-likeness (QED) is 0.783. The molecule has 0 aromatic carbocycles. The van der Waals surface area contributed by atoms with E-state index in [0.717, 1.165) is 10.7 Å². The standard InChI is InChI=1S/C16H23N3O3S/c1-15(2,3)13-19-11(9-23-13)8-17-14(20)18-10-16(4,21)12-6-5-7-22-12/h5-7,9,21H,8,10H2,1-4H3,(H2,17,18,20). The van der Waals surface area contributed by atoms with E-state index in [2.05, 4.69) is 36.4 Å². The van der Waals surface area contributed by atoms with Crippen molar-refractivity contribution in [2.75, 3.05) is 6.54 Å². The Balaban J connectivity index is 1.80. The summed E-state index contributed by atoms with van der Waals surface area (Å²) in [6.07, 6.45) is 1.49. The summed E-state index contributed by atoms with van der Waals surface area (Å²) in [6, 6.07) is 3.00. The number of thiazole rings is 1. The number of urea groups is 1. The first-order chi connectivity index (χ1) is 10.7. The second-order valence-electron chi connectivity index (χ2n) is 6.68. The van der Waals surface area contributed by atoms with Crippen LogP contribution in [0.5, 0.6) is 0 Å². The van der Waals surface area contributed by atoms with Crippen molar-refractivity contribution in [2.24, 2.45) is 0 Å². The maximum atomic E-state index is 11.8. The summed E-state index contributed by atoms with van der Waals surface area (Å²) in [5.41, 5.74) is -0.416. The van der Waals surface area contributed by atoms with Crippen LogP contribution in [0.2, 0.25) is 0 Å². The third-order valence-corrected chi connectivity index (χ3v) is 4.59. The average molecular weight is 337 g/mol. The summed E-state index contributed by atoms with van der Waals surface area (Å²) < 4.78 is 5.16. The fourth-order valence-corrected chi connectivity index (χ4v) is 2.80. The Bertz CT molecular complexity index is 642. The number of hydrogen-bond donors (Lipinski definition) is 3. The van der Waals surface area contributed by atoms with Crippen LogP contribution in [0.15, 0.2) is 28.2 Å². The molecule has 0 bridgehead atoms. The van der Waals surface area contributed by atoms with Crippen LogP contribution in [0.3, 0.4) is 0 Å². The minimum Gasteiger partial charge on any atom is -0.466 e. The molecule has 0 aliphatic carbocycles.